The van der Waals surface area contributed by atoms with Gasteiger partial charge < -0.3 is 5.11 Å². The Kier molecular flexibility index (Phi) is 4.63. The first-order chi connectivity index (χ1) is 10.3. The van der Waals surface area contributed by atoms with Gasteiger partial charge in [-0.3, -0.25) is 9.88 Å². The van der Waals surface area contributed by atoms with Gasteiger partial charge in [0.2, 0.25) is 0 Å². The van der Waals surface area contributed by atoms with Crippen molar-refractivity contribution in [3.63, 3.8) is 0 Å². The normalized spacial score (nSPS) is 17.0. The largest absolute Gasteiger partial charge is 0.396 e. The first-order valence-electron chi connectivity index (χ1n) is 7.69. The van der Waals surface area contributed by atoms with E-state index < -0.39 is 0 Å². The molecule has 0 bridgehead atoms. The molecule has 3 rings (SSSR count). The number of piperidine rings is 1. The third-order valence-corrected chi connectivity index (χ3v) is 4.26. The summed E-state index contributed by atoms with van der Waals surface area (Å²) in [5.74, 6) is 0.501. The minimum Gasteiger partial charge on any atom is -0.396 e. The Hall–Kier alpha value is -1.71. The Labute approximate surface area is 126 Å². The standard InChI is InChI=1S/C18H22N2O/c21-14-15-7-10-20(11-8-15)13-16-4-3-5-17(12-16)18-6-1-2-9-19-18/h1-6,9,12,15,21H,7-8,10-11,13-14H2. The Morgan fingerprint density at radius 3 is 2.67 bits per heavy atom. The molecule has 0 saturated carbocycles. The number of hydrogen-bond acceptors (Lipinski definition) is 3. The highest BCUT2D eigenvalue weighted by Crippen LogP contribution is 2.21. The molecular weight excluding hydrogens is 260 g/mol. The van der Waals surface area contributed by atoms with Crippen LogP contribution in [-0.4, -0.2) is 34.7 Å². The van der Waals surface area contributed by atoms with Gasteiger partial charge in [0, 0.05) is 24.9 Å². The van der Waals surface area contributed by atoms with Gasteiger partial charge in [0.15, 0.2) is 0 Å². The smallest absolute Gasteiger partial charge is 0.0702 e. The minimum atomic E-state index is 0.336. The molecule has 2 aromatic rings. The van der Waals surface area contributed by atoms with Crippen molar-refractivity contribution in [1.29, 1.82) is 0 Å². The third kappa shape index (κ3) is 3.69. The molecule has 1 aromatic heterocycles. The molecule has 0 aliphatic carbocycles. The second-order valence-electron chi connectivity index (χ2n) is 5.82. The molecule has 1 saturated heterocycles. The van der Waals surface area contributed by atoms with Crippen molar-refractivity contribution >= 4 is 0 Å². The molecule has 21 heavy (non-hydrogen) atoms. The average molecular weight is 282 g/mol. The van der Waals surface area contributed by atoms with Crippen molar-refractivity contribution in [2.45, 2.75) is 19.4 Å². The van der Waals surface area contributed by atoms with Crippen molar-refractivity contribution in [2.24, 2.45) is 5.92 Å². The van der Waals surface area contributed by atoms with Gasteiger partial charge in [0.05, 0.1) is 5.69 Å². The molecule has 2 heterocycles. The van der Waals surface area contributed by atoms with Crippen LogP contribution in [0.3, 0.4) is 0 Å². The molecular formula is C18H22N2O. The highest BCUT2D eigenvalue weighted by Gasteiger charge is 2.18. The molecule has 3 nitrogen and oxygen atoms in total. The van der Waals surface area contributed by atoms with Gasteiger partial charge in [0.25, 0.3) is 0 Å². The molecule has 110 valence electrons. The minimum absolute atomic E-state index is 0.336. The molecule has 0 atom stereocenters. The van der Waals surface area contributed by atoms with E-state index in [4.69, 9.17) is 0 Å². The van der Waals surface area contributed by atoms with E-state index in [2.05, 4.69) is 34.1 Å². The number of likely N-dealkylation sites (tertiary alicyclic amines) is 1. The Balaban J connectivity index is 1.67. The highest BCUT2D eigenvalue weighted by molar-refractivity contribution is 5.59. The number of aliphatic hydroxyl groups excluding tert-OH is 1. The molecule has 0 radical (unpaired) electrons. The Bertz CT molecular complexity index is 562. The van der Waals surface area contributed by atoms with Crippen LogP contribution in [0.2, 0.25) is 0 Å². The van der Waals surface area contributed by atoms with Gasteiger partial charge >= 0.3 is 0 Å². The maximum atomic E-state index is 9.20. The summed E-state index contributed by atoms with van der Waals surface area (Å²) in [7, 11) is 0. The van der Waals surface area contributed by atoms with Crippen LogP contribution in [0.5, 0.6) is 0 Å². The summed E-state index contributed by atoms with van der Waals surface area (Å²) in [5, 5.41) is 9.20. The van der Waals surface area contributed by atoms with Gasteiger partial charge in [-0.1, -0.05) is 24.3 Å². The summed E-state index contributed by atoms with van der Waals surface area (Å²) in [6, 6.07) is 14.7. The number of nitrogens with zero attached hydrogens (tertiary/aromatic N) is 2. The zero-order chi connectivity index (χ0) is 14.5. The maximum absolute atomic E-state index is 9.20. The maximum Gasteiger partial charge on any atom is 0.0702 e. The summed E-state index contributed by atoms with van der Waals surface area (Å²) >= 11 is 0. The lowest BCUT2D eigenvalue weighted by molar-refractivity contribution is 0.127. The lowest BCUT2D eigenvalue weighted by Gasteiger charge is -2.31. The monoisotopic (exact) mass is 282 g/mol. The SMILES string of the molecule is OCC1CCN(Cc2cccc(-c3ccccn3)c2)CC1. The second-order valence-corrected chi connectivity index (χ2v) is 5.82. The van der Waals surface area contributed by atoms with Crippen molar-refractivity contribution < 1.29 is 5.11 Å². The van der Waals surface area contributed by atoms with E-state index in [1.54, 1.807) is 0 Å². The van der Waals surface area contributed by atoms with Gasteiger partial charge in [-0.25, -0.2) is 0 Å². The van der Waals surface area contributed by atoms with Gasteiger partial charge in [-0.15, -0.1) is 0 Å². The fourth-order valence-corrected chi connectivity index (χ4v) is 2.95. The summed E-state index contributed by atoms with van der Waals surface area (Å²) in [5.41, 5.74) is 3.54. The Morgan fingerprint density at radius 1 is 1.10 bits per heavy atom. The number of hydrogen-bond donors (Lipinski definition) is 1. The van der Waals surface area contributed by atoms with E-state index in [-0.39, 0.29) is 0 Å². The topological polar surface area (TPSA) is 36.4 Å². The van der Waals surface area contributed by atoms with Crippen LogP contribution in [-0.2, 0) is 6.54 Å². The van der Waals surface area contributed by atoms with Crippen molar-refractivity contribution in [3.8, 4) is 11.3 Å². The van der Waals surface area contributed by atoms with Crippen molar-refractivity contribution in [3.05, 3.63) is 54.2 Å². The third-order valence-electron chi connectivity index (χ3n) is 4.26. The number of aromatic nitrogens is 1. The fraction of sp³-hybridized carbons (Fsp3) is 0.389. The van der Waals surface area contributed by atoms with Crippen LogP contribution in [0, 0.1) is 5.92 Å². The summed E-state index contributed by atoms with van der Waals surface area (Å²) in [6.45, 7) is 3.49. The van der Waals surface area contributed by atoms with Crippen LogP contribution in [0.4, 0.5) is 0 Å². The molecule has 1 aromatic carbocycles. The summed E-state index contributed by atoms with van der Waals surface area (Å²) in [6.07, 6.45) is 4.05. The summed E-state index contributed by atoms with van der Waals surface area (Å²) < 4.78 is 0. The molecule has 0 spiro atoms. The molecule has 3 heteroatoms. The number of aliphatic hydroxyl groups is 1. The lowest BCUT2D eigenvalue weighted by Crippen LogP contribution is -2.34. The quantitative estimate of drug-likeness (QED) is 0.936. The fourth-order valence-electron chi connectivity index (χ4n) is 2.95. The van der Waals surface area contributed by atoms with Crippen molar-refractivity contribution in [1.82, 2.24) is 9.88 Å². The van der Waals surface area contributed by atoms with Crippen LogP contribution < -0.4 is 0 Å². The van der Waals surface area contributed by atoms with Gasteiger partial charge in [-0.2, -0.15) is 0 Å². The van der Waals surface area contributed by atoms with Crippen LogP contribution in [0.25, 0.3) is 11.3 Å². The predicted octanol–water partition coefficient (Wildman–Crippen LogP) is 2.95. The molecule has 1 aliphatic heterocycles. The number of pyridine rings is 1. The molecule has 0 unspecified atom stereocenters. The Morgan fingerprint density at radius 2 is 1.95 bits per heavy atom. The molecule has 0 amide bonds. The van der Waals surface area contributed by atoms with E-state index in [9.17, 15) is 5.11 Å². The highest BCUT2D eigenvalue weighted by atomic mass is 16.3. The van der Waals surface area contributed by atoms with E-state index in [1.807, 2.05) is 24.4 Å². The molecule has 1 N–H and O–H groups in total. The first kappa shape index (κ1) is 14.2. The zero-order valence-electron chi connectivity index (χ0n) is 12.3. The van der Waals surface area contributed by atoms with Crippen LogP contribution in [0.1, 0.15) is 18.4 Å². The van der Waals surface area contributed by atoms with Crippen LogP contribution in [0.15, 0.2) is 48.7 Å². The van der Waals surface area contributed by atoms with Crippen LogP contribution >= 0.6 is 0 Å². The van der Waals surface area contributed by atoms with E-state index >= 15 is 0 Å². The second kappa shape index (κ2) is 6.83. The van der Waals surface area contributed by atoms with Gasteiger partial charge in [-0.05, 0) is 55.6 Å². The number of rotatable bonds is 4. The van der Waals surface area contributed by atoms with Gasteiger partial charge in [0.1, 0.15) is 0 Å². The van der Waals surface area contributed by atoms with Crippen molar-refractivity contribution in [2.75, 3.05) is 19.7 Å². The molecule has 1 aliphatic rings. The van der Waals surface area contributed by atoms with E-state index in [0.29, 0.717) is 12.5 Å². The summed E-state index contributed by atoms with van der Waals surface area (Å²) in [4.78, 5) is 6.89. The average Bonchev–Trinajstić information content (AvgIpc) is 2.57. The first-order valence-corrected chi connectivity index (χ1v) is 7.69. The van der Waals surface area contributed by atoms with E-state index in [0.717, 1.165) is 38.2 Å². The predicted molar refractivity (Wildman–Crippen MR) is 84.8 cm³/mol. The lowest BCUT2D eigenvalue weighted by atomic mass is 9.97. The molecule has 1 fully saturated rings. The number of benzene rings is 1. The zero-order valence-corrected chi connectivity index (χ0v) is 12.3. The van der Waals surface area contributed by atoms with E-state index in [1.165, 1.54) is 11.1 Å².